The Hall–Kier alpha value is -3.10. The summed E-state index contributed by atoms with van der Waals surface area (Å²) in [6.07, 6.45) is 7.27. The maximum absolute atomic E-state index is 12.8. The van der Waals surface area contributed by atoms with Gasteiger partial charge in [-0.25, -0.2) is 5.43 Å². The van der Waals surface area contributed by atoms with Gasteiger partial charge in [0.2, 0.25) is 0 Å². The van der Waals surface area contributed by atoms with Crippen molar-refractivity contribution in [3.8, 4) is 0 Å². The van der Waals surface area contributed by atoms with Crippen LogP contribution in [-0.2, 0) is 9.53 Å². The summed E-state index contributed by atoms with van der Waals surface area (Å²) >= 11 is 0. The molecule has 2 amide bonds. The van der Waals surface area contributed by atoms with E-state index in [4.69, 9.17) is 4.74 Å². The Bertz CT molecular complexity index is 839. The number of ether oxygens (including phenoxy) is 1. The molecule has 3 rings (SSSR count). The smallest absolute Gasteiger partial charge is 0.257 e. The lowest BCUT2D eigenvalue weighted by molar-refractivity contribution is -0.128. The molecule has 164 valence electrons. The molecule has 0 bridgehead atoms. The first-order valence-corrected chi connectivity index (χ1v) is 10.6. The molecule has 31 heavy (non-hydrogen) atoms. The highest BCUT2D eigenvalue weighted by atomic mass is 16.5. The van der Waals surface area contributed by atoms with E-state index in [1.54, 1.807) is 30.7 Å². The van der Waals surface area contributed by atoms with Crippen molar-refractivity contribution in [1.29, 1.82) is 0 Å². The molecule has 2 N–H and O–H groups in total. The fourth-order valence-corrected chi connectivity index (χ4v) is 3.42. The Kier molecular flexibility index (Phi) is 9.15. The Labute approximate surface area is 182 Å². The van der Waals surface area contributed by atoms with E-state index in [0.717, 1.165) is 31.5 Å². The third-order valence-electron chi connectivity index (χ3n) is 5.11. The maximum Gasteiger partial charge on any atom is 0.257 e. The lowest BCUT2D eigenvalue weighted by atomic mass is 10.1. The number of hydrazone groups is 1. The molecule has 0 unspecified atom stereocenters. The number of nitrogens with zero attached hydrogens (tertiary/aromatic N) is 3. The zero-order valence-corrected chi connectivity index (χ0v) is 17.6. The Morgan fingerprint density at radius 1 is 1.10 bits per heavy atom. The van der Waals surface area contributed by atoms with Crippen molar-refractivity contribution in [1.82, 2.24) is 20.6 Å². The maximum atomic E-state index is 12.8. The lowest BCUT2D eigenvalue weighted by Crippen LogP contribution is -2.50. The summed E-state index contributed by atoms with van der Waals surface area (Å²) in [5, 5.41) is 7.02. The molecule has 1 aliphatic heterocycles. The molecular weight excluding hydrogens is 394 g/mol. The molecule has 0 saturated carbocycles. The van der Waals surface area contributed by atoms with Gasteiger partial charge >= 0.3 is 0 Å². The Morgan fingerprint density at radius 2 is 1.84 bits per heavy atom. The molecule has 1 aromatic carbocycles. The van der Waals surface area contributed by atoms with E-state index < -0.39 is 0 Å². The topological polar surface area (TPSA) is 95.9 Å². The third-order valence-corrected chi connectivity index (χ3v) is 5.11. The highest BCUT2D eigenvalue weighted by Gasteiger charge is 2.26. The summed E-state index contributed by atoms with van der Waals surface area (Å²) < 4.78 is 5.42. The van der Waals surface area contributed by atoms with Crippen LogP contribution in [0.5, 0.6) is 0 Å². The van der Waals surface area contributed by atoms with Crippen molar-refractivity contribution in [2.45, 2.75) is 25.3 Å². The summed E-state index contributed by atoms with van der Waals surface area (Å²) in [7, 11) is 0. The number of hydrogen-bond acceptors (Lipinski definition) is 6. The fourth-order valence-electron chi connectivity index (χ4n) is 3.42. The number of carbonyl (C=O) groups is 2. The van der Waals surface area contributed by atoms with Crippen LogP contribution in [0.4, 0.5) is 0 Å². The van der Waals surface area contributed by atoms with Crippen LogP contribution in [0.2, 0.25) is 0 Å². The van der Waals surface area contributed by atoms with Crippen LogP contribution in [0, 0.1) is 0 Å². The number of aromatic nitrogens is 1. The number of morpholine rings is 1. The van der Waals surface area contributed by atoms with Crippen LogP contribution >= 0.6 is 0 Å². The molecule has 2 aromatic rings. The van der Waals surface area contributed by atoms with E-state index in [1.807, 2.05) is 30.3 Å². The molecule has 1 saturated heterocycles. The molecule has 8 heteroatoms. The standard InChI is InChI=1S/C23H29N5O3/c29-22(20-6-2-1-3-7-20)25-11-5-4-8-21(28-14-16-31-17-15-28)23(30)27-26-18-19-9-12-24-13-10-19/h1-3,6-7,9-10,12-13,18,21H,4-5,8,11,14-17H2,(H,25,29)(H,27,30)/b26-18+/t21-/m1/s1. The van der Waals surface area contributed by atoms with Crippen LogP contribution in [0.15, 0.2) is 60.0 Å². The van der Waals surface area contributed by atoms with Crippen molar-refractivity contribution < 1.29 is 14.3 Å². The van der Waals surface area contributed by atoms with Crippen molar-refractivity contribution in [2.24, 2.45) is 5.10 Å². The molecule has 0 aliphatic carbocycles. The first-order valence-electron chi connectivity index (χ1n) is 10.6. The van der Waals surface area contributed by atoms with Crippen LogP contribution in [-0.4, -0.2) is 66.8 Å². The number of pyridine rings is 1. The Balaban J connectivity index is 1.46. The van der Waals surface area contributed by atoms with Gasteiger partial charge in [-0.3, -0.25) is 19.5 Å². The molecule has 0 radical (unpaired) electrons. The van der Waals surface area contributed by atoms with Gasteiger partial charge in [0, 0.05) is 37.6 Å². The minimum absolute atomic E-state index is 0.0754. The van der Waals surface area contributed by atoms with E-state index in [-0.39, 0.29) is 17.9 Å². The third kappa shape index (κ3) is 7.58. The van der Waals surface area contributed by atoms with Gasteiger partial charge in [0.05, 0.1) is 25.5 Å². The fraction of sp³-hybridized carbons (Fsp3) is 0.391. The first-order chi connectivity index (χ1) is 15.2. The minimum atomic E-state index is -0.275. The monoisotopic (exact) mass is 423 g/mol. The van der Waals surface area contributed by atoms with Gasteiger partial charge in [-0.1, -0.05) is 18.2 Å². The average molecular weight is 424 g/mol. The van der Waals surface area contributed by atoms with E-state index >= 15 is 0 Å². The van der Waals surface area contributed by atoms with Gasteiger partial charge in [-0.15, -0.1) is 0 Å². The molecule has 2 heterocycles. The molecule has 8 nitrogen and oxygen atoms in total. The number of rotatable bonds is 10. The van der Waals surface area contributed by atoms with Crippen molar-refractivity contribution in [3.05, 3.63) is 66.0 Å². The molecule has 1 atom stereocenters. The molecule has 1 fully saturated rings. The largest absolute Gasteiger partial charge is 0.379 e. The summed E-state index contributed by atoms with van der Waals surface area (Å²) in [5.74, 6) is -0.200. The summed E-state index contributed by atoms with van der Waals surface area (Å²) in [4.78, 5) is 31.0. The van der Waals surface area contributed by atoms with Gasteiger partial charge in [-0.05, 0) is 49.1 Å². The molecule has 0 spiro atoms. The lowest BCUT2D eigenvalue weighted by Gasteiger charge is -2.33. The second-order valence-electron chi connectivity index (χ2n) is 7.30. The number of unbranched alkanes of at least 4 members (excludes halogenated alkanes) is 1. The highest BCUT2D eigenvalue weighted by molar-refractivity contribution is 5.94. The van der Waals surface area contributed by atoms with Crippen molar-refractivity contribution >= 4 is 18.0 Å². The number of carbonyl (C=O) groups excluding carboxylic acids is 2. The van der Waals surface area contributed by atoms with Crippen molar-refractivity contribution in [2.75, 3.05) is 32.8 Å². The summed E-state index contributed by atoms with van der Waals surface area (Å²) in [6, 6.07) is 12.5. The summed E-state index contributed by atoms with van der Waals surface area (Å²) in [6.45, 7) is 3.26. The first kappa shape index (κ1) is 22.6. The number of nitrogens with one attached hydrogen (secondary N) is 2. The van der Waals surface area contributed by atoms with Crippen LogP contribution < -0.4 is 10.7 Å². The number of benzene rings is 1. The SMILES string of the molecule is O=C(NCCCC[C@H](C(=O)N/N=C/c1ccncc1)N1CCOCC1)c1ccccc1. The van der Waals surface area contributed by atoms with Crippen LogP contribution in [0.25, 0.3) is 0 Å². The van der Waals surface area contributed by atoms with Crippen LogP contribution in [0.1, 0.15) is 35.2 Å². The van der Waals surface area contributed by atoms with Gasteiger partial charge in [0.25, 0.3) is 11.8 Å². The van der Waals surface area contributed by atoms with Crippen LogP contribution in [0.3, 0.4) is 0 Å². The van der Waals surface area contributed by atoms with Gasteiger partial charge in [0.1, 0.15) is 0 Å². The van der Waals surface area contributed by atoms with Gasteiger partial charge < -0.3 is 10.1 Å². The minimum Gasteiger partial charge on any atom is -0.379 e. The van der Waals surface area contributed by atoms with E-state index in [2.05, 4.69) is 25.7 Å². The molecule has 1 aliphatic rings. The normalized spacial score (nSPS) is 15.5. The predicted octanol–water partition coefficient (Wildman–Crippen LogP) is 1.83. The molecular formula is C23H29N5O3. The second kappa shape index (κ2) is 12.6. The van der Waals surface area contributed by atoms with Gasteiger partial charge in [-0.2, -0.15) is 5.10 Å². The Morgan fingerprint density at radius 3 is 2.58 bits per heavy atom. The number of amides is 2. The number of hydrogen-bond donors (Lipinski definition) is 2. The predicted molar refractivity (Wildman–Crippen MR) is 119 cm³/mol. The summed E-state index contributed by atoms with van der Waals surface area (Å²) in [5.41, 5.74) is 4.19. The highest BCUT2D eigenvalue weighted by Crippen LogP contribution is 2.12. The molecule has 1 aromatic heterocycles. The van der Waals surface area contributed by atoms with Crippen molar-refractivity contribution in [3.63, 3.8) is 0 Å². The van der Waals surface area contributed by atoms with E-state index in [0.29, 0.717) is 31.7 Å². The van der Waals surface area contributed by atoms with Gasteiger partial charge in [0.15, 0.2) is 0 Å². The zero-order chi connectivity index (χ0) is 21.7. The van der Waals surface area contributed by atoms with E-state index in [1.165, 1.54) is 0 Å². The van der Waals surface area contributed by atoms with E-state index in [9.17, 15) is 9.59 Å². The quantitative estimate of drug-likeness (QED) is 0.345. The second-order valence-corrected chi connectivity index (χ2v) is 7.30. The average Bonchev–Trinajstić information content (AvgIpc) is 2.83. The zero-order valence-electron chi connectivity index (χ0n) is 17.6.